The van der Waals surface area contributed by atoms with Crippen molar-refractivity contribution in [2.75, 3.05) is 20.3 Å². The van der Waals surface area contributed by atoms with Crippen molar-refractivity contribution in [3.8, 4) is 5.75 Å². The van der Waals surface area contributed by atoms with E-state index in [1.54, 1.807) is 7.11 Å². The second-order valence-corrected chi connectivity index (χ2v) is 6.31. The average molecular weight is 342 g/mol. The van der Waals surface area contributed by atoms with E-state index in [2.05, 4.69) is 41.2 Å². The Morgan fingerprint density at radius 3 is 2.85 bits per heavy atom. The predicted octanol–water partition coefficient (Wildman–Crippen LogP) is 3.92. The van der Waals surface area contributed by atoms with Crippen molar-refractivity contribution < 1.29 is 9.47 Å². The van der Waals surface area contributed by atoms with Gasteiger partial charge in [0.15, 0.2) is 0 Å². The van der Waals surface area contributed by atoms with Gasteiger partial charge < -0.3 is 14.8 Å². The van der Waals surface area contributed by atoms with Gasteiger partial charge in [-0.05, 0) is 44.0 Å². The number of hydrogen-bond donors (Lipinski definition) is 1. The van der Waals surface area contributed by atoms with Crippen LogP contribution in [0.3, 0.4) is 0 Å². The van der Waals surface area contributed by atoms with Crippen LogP contribution in [0, 0.1) is 5.92 Å². The molecule has 0 aliphatic carbocycles. The average Bonchev–Trinajstić information content (AvgIpc) is 2.87. The predicted molar refractivity (Wildman–Crippen MR) is 85.2 cm³/mol. The molecule has 1 aliphatic rings. The smallest absolute Gasteiger partial charge is 0.120 e. The van der Waals surface area contributed by atoms with Gasteiger partial charge in [0.05, 0.1) is 19.8 Å². The van der Waals surface area contributed by atoms with Crippen molar-refractivity contribution in [3.63, 3.8) is 0 Å². The molecule has 0 saturated carbocycles. The highest BCUT2D eigenvalue weighted by atomic mass is 79.9. The third kappa shape index (κ3) is 3.74. The van der Waals surface area contributed by atoms with Crippen molar-refractivity contribution >= 4 is 15.9 Å². The first-order valence-corrected chi connectivity index (χ1v) is 8.13. The summed E-state index contributed by atoms with van der Waals surface area (Å²) in [5.41, 5.74) is 1.29. The number of methoxy groups -OCH3 is 1. The summed E-state index contributed by atoms with van der Waals surface area (Å²) in [6.07, 6.45) is 2.61. The summed E-state index contributed by atoms with van der Waals surface area (Å²) in [6, 6.07) is 6.55. The number of benzene rings is 1. The first-order chi connectivity index (χ1) is 9.65. The molecular formula is C16H24BrNO2. The Kier molecular flexibility index (Phi) is 5.87. The zero-order valence-corrected chi connectivity index (χ0v) is 14.1. The Bertz CT molecular complexity index is 438. The number of ether oxygens (including phenoxy) is 2. The Labute approximate surface area is 130 Å². The molecule has 112 valence electrons. The largest absolute Gasteiger partial charge is 0.497 e. The van der Waals surface area contributed by atoms with Crippen molar-refractivity contribution in [2.45, 2.75) is 38.8 Å². The fourth-order valence-electron chi connectivity index (χ4n) is 2.80. The summed E-state index contributed by atoms with van der Waals surface area (Å²) in [5, 5.41) is 3.68. The second-order valence-electron chi connectivity index (χ2n) is 5.46. The van der Waals surface area contributed by atoms with Crippen molar-refractivity contribution in [1.29, 1.82) is 0 Å². The summed E-state index contributed by atoms with van der Waals surface area (Å²) in [5.74, 6) is 1.41. The Morgan fingerprint density at radius 2 is 2.30 bits per heavy atom. The van der Waals surface area contributed by atoms with E-state index in [1.807, 2.05) is 12.1 Å². The van der Waals surface area contributed by atoms with E-state index < -0.39 is 0 Å². The summed E-state index contributed by atoms with van der Waals surface area (Å²) < 4.78 is 12.1. The van der Waals surface area contributed by atoms with Crippen LogP contribution in [-0.2, 0) is 4.74 Å². The van der Waals surface area contributed by atoms with Crippen molar-refractivity contribution in [1.82, 2.24) is 5.32 Å². The molecule has 3 atom stereocenters. The van der Waals surface area contributed by atoms with Gasteiger partial charge in [-0.2, -0.15) is 0 Å². The van der Waals surface area contributed by atoms with E-state index in [4.69, 9.17) is 9.47 Å². The first-order valence-electron chi connectivity index (χ1n) is 7.34. The highest BCUT2D eigenvalue weighted by molar-refractivity contribution is 9.10. The topological polar surface area (TPSA) is 30.5 Å². The van der Waals surface area contributed by atoms with Crippen LogP contribution >= 0.6 is 15.9 Å². The van der Waals surface area contributed by atoms with Crippen molar-refractivity contribution in [3.05, 3.63) is 28.2 Å². The van der Waals surface area contributed by atoms with Crippen LogP contribution in [0.15, 0.2) is 22.7 Å². The van der Waals surface area contributed by atoms with Gasteiger partial charge in [-0.3, -0.25) is 0 Å². The van der Waals surface area contributed by atoms with E-state index in [-0.39, 0.29) is 0 Å². The zero-order chi connectivity index (χ0) is 14.5. The fourth-order valence-corrected chi connectivity index (χ4v) is 3.40. The molecule has 0 bridgehead atoms. The molecule has 0 spiro atoms. The van der Waals surface area contributed by atoms with Gasteiger partial charge in [0.25, 0.3) is 0 Å². The standard InChI is InChI=1S/C16H24BrNO2/c1-4-7-18-16(12-8-11(2)20-10-12)14-6-5-13(19-3)9-15(14)17/h5-6,9,11-12,16,18H,4,7-8,10H2,1-3H3. The lowest BCUT2D eigenvalue weighted by molar-refractivity contribution is 0.117. The Balaban J connectivity index is 2.21. The Hall–Kier alpha value is -0.580. The molecule has 1 heterocycles. The maximum atomic E-state index is 5.75. The lowest BCUT2D eigenvalue weighted by Crippen LogP contribution is -2.29. The van der Waals surface area contributed by atoms with Gasteiger partial charge >= 0.3 is 0 Å². The maximum Gasteiger partial charge on any atom is 0.120 e. The lowest BCUT2D eigenvalue weighted by atomic mass is 9.91. The molecule has 0 radical (unpaired) electrons. The number of hydrogen-bond acceptors (Lipinski definition) is 3. The highest BCUT2D eigenvalue weighted by Crippen LogP contribution is 2.36. The molecule has 1 N–H and O–H groups in total. The second kappa shape index (κ2) is 7.43. The zero-order valence-electron chi connectivity index (χ0n) is 12.5. The molecule has 3 nitrogen and oxygen atoms in total. The molecule has 1 aliphatic heterocycles. The minimum Gasteiger partial charge on any atom is -0.497 e. The molecule has 1 aromatic carbocycles. The molecule has 0 amide bonds. The summed E-state index contributed by atoms with van der Waals surface area (Å²) >= 11 is 3.68. The maximum absolute atomic E-state index is 5.75. The monoisotopic (exact) mass is 341 g/mol. The molecule has 1 saturated heterocycles. The molecule has 0 aromatic heterocycles. The van der Waals surface area contributed by atoms with Crippen LogP contribution < -0.4 is 10.1 Å². The number of halogens is 1. The summed E-state index contributed by atoms with van der Waals surface area (Å²) in [7, 11) is 1.70. The van der Waals surface area contributed by atoms with Crippen LogP contribution in [0.2, 0.25) is 0 Å². The third-order valence-electron chi connectivity index (χ3n) is 3.86. The highest BCUT2D eigenvalue weighted by Gasteiger charge is 2.31. The van der Waals surface area contributed by atoms with Gasteiger partial charge in [0, 0.05) is 16.4 Å². The van der Waals surface area contributed by atoms with E-state index in [0.29, 0.717) is 18.1 Å². The molecule has 20 heavy (non-hydrogen) atoms. The van der Waals surface area contributed by atoms with Crippen LogP contribution in [-0.4, -0.2) is 26.4 Å². The molecule has 4 heteroatoms. The van der Waals surface area contributed by atoms with Crippen LogP contribution in [0.25, 0.3) is 0 Å². The quantitative estimate of drug-likeness (QED) is 0.850. The summed E-state index contributed by atoms with van der Waals surface area (Å²) in [4.78, 5) is 0. The minimum absolute atomic E-state index is 0.334. The SMILES string of the molecule is CCCNC(c1ccc(OC)cc1Br)C1COC(C)C1. The van der Waals surface area contributed by atoms with E-state index in [9.17, 15) is 0 Å². The molecule has 2 rings (SSSR count). The lowest BCUT2D eigenvalue weighted by Gasteiger charge is -2.25. The van der Waals surface area contributed by atoms with Gasteiger partial charge in [-0.15, -0.1) is 0 Å². The molecule has 1 fully saturated rings. The van der Waals surface area contributed by atoms with Gasteiger partial charge in [-0.1, -0.05) is 28.9 Å². The summed E-state index contributed by atoms with van der Waals surface area (Å²) in [6.45, 7) is 6.20. The number of rotatable bonds is 6. The van der Waals surface area contributed by atoms with Gasteiger partial charge in [-0.25, -0.2) is 0 Å². The first kappa shape index (κ1) is 15.8. The van der Waals surface area contributed by atoms with Crippen LogP contribution in [0.5, 0.6) is 5.75 Å². The molecule has 3 unspecified atom stereocenters. The van der Waals surface area contributed by atoms with Crippen molar-refractivity contribution in [2.24, 2.45) is 5.92 Å². The normalized spacial score (nSPS) is 23.8. The minimum atomic E-state index is 0.334. The van der Waals surface area contributed by atoms with E-state index in [0.717, 1.165) is 36.2 Å². The number of nitrogens with one attached hydrogen (secondary N) is 1. The molecule has 1 aromatic rings. The van der Waals surface area contributed by atoms with E-state index in [1.165, 1.54) is 5.56 Å². The van der Waals surface area contributed by atoms with Crippen LogP contribution in [0.1, 0.15) is 38.3 Å². The fraction of sp³-hybridized carbons (Fsp3) is 0.625. The van der Waals surface area contributed by atoms with Crippen LogP contribution in [0.4, 0.5) is 0 Å². The van der Waals surface area contributed by atoms with Gasteiger partial charge in [0.2, 0.25) is 0 Å². The molecular weight excluding hydrogens is 318 g/mol. The van der Waals surface area contributed by atoms with Gasteiger partial charge in [0.1, 0.15) is 5.75 Å². The third-order valence-corrected chi connectivity index (χ3v) is 4.54. The van der Waals surface area contributed by atoms with E-state index >= 15 is 0 Å². The Morgan fingerprint density at radius 1 is 1.50 bits per heavy atom.